The Bertz CT molecular complexity index is 507. The van der Waals surface area contributed by atoms with Crippen LogP contribution in [-0.2, 0) is 14.3 Å². The number of nitrogens with one attached hydrogen (secondary N) is 1. The maximum atomic E-state index is 12.4. The third-order valence-electron chi connectivity index (χ3n) is 6.21. The monoisotopic (exact) mass is 477 g/mol. The van der Waals surface area contributed by atoms with Gasteiger partial charge in [0, 0.05) is 6.42 Å². The molecule has 6 N–H and O–H groups in total. The first kappa shape index (κ1) is 30.2. The van der Waals surface area contributed by atoms with E-state index in [-0.39, 0.29) is 12.5 Å². The van der Waals surface area contributed by atoms with Crippen molar-refractivity contribution in [2.75, 3.05) is 13.2 Å². The highest BCUT2D eigenvalue weighted by Crippen LogP contribution is 2.22. The van der Waals surface area contributed by atoms with Gasteiger partial charge in [0.15, 0.2) is 6.29 Å². The molecule has 0 saturated carbocycles. The summed E-state index contributed by atoms with van der Waals surface area (Å²) in [7, 11) is 0. The maximum Gasteiger partial charge on any atom is 0.220 e. The smallest absolute Gasteiger partial charge is 0.220 e. The first-order chi connectivity index (χ1) is 15.8. The average Bonchev–Trinajstić information content (AvgIpc) is 2.81. The van der Waals surface area contributed by atoms with Gasteiger partial charge in [-0.25, -0.2) is 0 Å². The molecule has 0 aromatic carbocycles. The SMILES string of the molecule is CCCCCCCCC(O)C(COC1OC(CO)C(O)C(O)C1O)NC(=O)CCCCCC. The summed E-state index contributed by atoms with van der Waals surface area (Å²) in [6, 6.07) is -0.702. The number of amides is 1. The van der Waals surface area contributed by atoms with Gasteiger partial charge in [-0.05, 0) is 12.8 Å². The van der Waals surface area contributed by atoms with Crippen LogP contribution in [0.5, 0.6) is 0 Å². The molecule has 0 aromatic heterocycles. The number of unbranched alkanes of at least 4 members (excludes halogenated alkanes) is 8. The minimum Gasteiger partial charge on any atom is -0.394 e. The van der Waals surface area contributed by atoms with Crippen LogP contribution < -0.4 is 5.32 Å². The van der Waals surface area contributed by atoms with Crippen LogP contribution in [-0.4, -0.2) is 87.5 Å². The molecule has 0 spiro atoms. The fourth-order valence-corrected chi connectivity index (χ4v) is 3.98. The van der Waals surface area contributed by atoms with Gasteiger partial charge >= 0.3 is 0 Å². The number of ether oxygens (including phenoxy) is 2. The Kier molecular flexibility index (Phi) is 16.1. The van der Waals surface area contributed by atoms with Gasteiger partial charge < -0.3 is 40.3 Å². The van der Waals surface area contributed by atoms with E-state index < -0.39 is 49.5 Å². The lowest BCUT2D eigenvalue weighted by Gasteiger charge is -2.40. The fraction of sp³-hybridized carbons (Fsp3) is 0.958. The zero-order valence-corrected chi connectivity index (χ0v) is 20.4. The Labute approximate surface area is 198 Å². The summed E-state index contributed by atoms with van der Waals surface area (Å²) in [5, 5.41) is 52.9. The van der Waals surface area contributed by atoms with Crippen molar-refractivity contribution < 1.29 is 39.8 Å². The van der Waals surface area contributed by atoms with E-state index in [4.69, 9.17) is 9.47 Å². The number of carbonyl (C=O) groups is 1. The normalized spacial score (nSPS) is 27.3. The second-order valence-corrected chi connectivity index (χ2v) is 9.14. The Hall–Kier alpha value is -0.810. The van der Waals surface area contributed by atoms with E-state index in [1.165, 1.54) is 19.3 Å². The molecule has 1 rings (SSSR count). The summed E-state index contributed by atoms with van der Waals surface area (Å²) in [5.74, 6) is -0.171. The summed E-state index contributed by atoms with van der Waals surface area (Å²) in [5.41, 5.74) is 0. The lowest BCUT2D eigenvalue weighted by atomic mass is 9.99. The second kappa shape index (κ2) is 17.6. The Morgan fingerprint density at radius 3 is 2.15 bits per heavy atom. The van der Waals surface area contributed by atoms with E-state index in [1.54, 1.807) is 0 Å². The highest BCUT2D eigenvalue weighted by Gasteiger charge is 2.44. The predicted molar refractivity (Wildman–Crippen MR) is 124 cm³/mol. The molecule has 1 fully saturated rings. The third kappa shape index (κ3) is 11.4. The van der Waals surface area contributed by atoms with E-state index in [1.807, 2.05) is 0 Å². The summed E-state index contributed by atoms with van der Waals surface area (Å²) in [4.78, 5) is 12.4. The first-order valence-electron chi connectivity index (χ1n) is 12.7. The molecule has 1 aliphatic heterocycles. The Balaban J connectivity index is 2.63. The van der Waals surface area contributed by atoms with Crippen LogP contribution in [0.4, 0.5) is 0 Å². The van der Waals surface area contributed by atoms with E-state index in [2.05, 4.69) is 19.2 Å². The van der Waals surface area contributed by atoms with Gasteiger partial charge in [0.25, 0.3) is 0 Å². The number of hydrogen-bond acceptors (Lipinski definition) is 8. The predicted octanol–water partition coefficient (Wildman–Crippen LogP) is 1.37. The van der Waals surface area contributed by atoms with Crippen molar-refractivity contribution in [2.45, 2.75) is 134 Å². The maximum absolute atomic E-state index is 12.4. The van der Waals surface area contributed by atoms with Gasteiger partial charge in [-0.1, -0.05) is 71.6 Å². The second-order valence-electron chi connectivity index (χ2n) is 9.14. The van der Waals surface area contributed by atoms with E-state index in [9.17, 15) is 30.3 Å². The standard InChI is InChI=1S/C24H47NO8/c1-3-5-7-9-10-11-13-18(27)17(25-20(28)14-12-8-6-4-2)16-32-24-23(31)22(30)21(29)19(15-26)33-24/h17-19,21-24,26-27,29-31H,3-16H2,1-2H3,(H,25,28). The molecule has 9 nitrogen and oxygen atoms in total. The zero-order valence-electron chi connectivity index (χ0n) is 20.4. The van der Waals surface area contributed by atoms with E-state index in [0.717, 1.165) is 44.9 Å². The Morgan fingerprint density at radius 1 is 0.909 bits per heavy atom. The molecule has 0 bridgehead atoms. The molecule has 1 saturated heterocycles. The molecule has 0 radical (unpaired) electrons. The zero-order chi connectivity index (χ0) is 24.6. The Morgan fingerprint density at radius 2 is 1.52 bits per heavy atom. The summed E-state index contributed by atoms with van der Waals surface area (Å²) in [6.07, 6.45) is 3.49. The van der Waals surface area contributed by atoms with Crippen molar-refractivity contribution in [2.24, 2.45) is 0 Å². The van der Waals surface area contributed by atoms with Crippen LogP contribution in [0.1, 0.15) is 90.9 Å². The number of carbonyl (C=O) groups excluding carboxylic acids is 1. The summed E-state index contributed by atoms with van der Waals surface area (Å²) in [6.45, 7) is 3.57. The van der Waals surface area contributed by atoms with Crippen LogP contribution in [0.15, 0.2) is 0 Å². The first-order valence-corrected chi connectivity index (χ1v) is 12.7. The molecule has 0 aliphatic carbocycles. The minimum atomic E-state index is -1.54. The number of rotatable bonds is 18. The van der Waals surface area contributed by atoms with Crippen molar-refractivity contribution in [3.05, 3.63) is 0 Å². The molecule has 33 heavy (non-hydrogen) atoms. The molecular weight excluding hydrogens is 430 g/mol. The number of aliphatic hydroxyl groups is 5. The molecule has 1 heterocycles. The minimum absolute atomic E-state index is 0.139. The van der Waals surface area contributed by atoms with Crippen molar-refractivity contribution in [3.63, 3.8) is 0 Å². The molecule has 1 aliphatic rings. The summed E-state index contributed by atoms with van der Waals surface area (Å²) < 4.78 is 11.0. The van der Waals surface area contributed by atoms with E-state index in [0.29, 0.717) is 12.8 Å². The van der Waals surface area contributed by atoms with Gasteiger partial charge in [0.1, 0.15) is 24.4 Å². The molecule has 7 unspecified atom stereocenters. The van der Waals surface area contributed by atoms with Crippen LogP contribution in [0.2, 0.25) is 0 Å². The lowest BCUT2D eigenvalue weighted by Crippen LogP contribution is -2.60. The number of aliphatic hydroxyl groups excluding tert-OH is 5. The molecule has 9 heteroatoms. The van der Waals surface area contributed by atoms with Crippen LogP contribution >= 0.6 is 0 Å². The van der Waals surface area contributed by atoms with E-state index >= 15 is 0 Å². The summed E-state index contributed by atoms with van der Waals surface area (Å²) >= 11 is 0. The van der Waals surface area contributed by atoms with Crippen molar-refractivity contribution >= 4 is 5.91 Å². The topological polar surface area (TPSA) is 149 Å². The van der Waals surface area contributed by atoms with Crippen LogP contribution in [0.3, 0.4) is 0 Å². The molecule has 7 atom stereocenters. The van der Waals surface area contributed by atoms with Crippen molar-refractivity contribution in [1.82, 2.24) is 5.32 Å². The molecule has 196 valence electrons. The highest BCUT2D eigenvalue weighted by molar-refractivity contribution is 5.76. The quantitative estimate of drug-likeness (QED) is 0.162. The van der Waals surface area contributed by atoms with Gasteiger partial charge in [0.05, 0.1) is 25.4 Å². The van der Waals surface area contributed by atoms with Crippen LogP contribution in [0, 0.1) is 0 Å². The van der Waals surface area contributed by atoms with Crippen molar-refractivity contribution in [3.8, 4) is 0 Å². The third-order valence-corrected chi connectivity index (χ3v) is 6.21. The van der Waals surface area contributed by atoms with Crippen LogP contribution in [0.25, 0.3) is 0 Å². The van der Waals surface area contributed by atoms with Gasteiger partial charge in [-0.2, -0.15) is 0 Å². The molecule has 0 aromatic rings. The molecule has 1 amide bonds. The van der Waals surface area contributed by atoms with Crippen molar-refractivity contribution in [1.29, 1.82) is 0 Å². The average molecular weight is 478 g/mol. The van der Waals surface area contributed by atoms with Gasteiger partial charge in [0.2, 0.25) is 5.91 Å². The molecular formula is C24H47NO8. The number of hydrogen-bond donors (Lipinski definition) is 6. The van der Waals surface area contributed by atoms with Gasteiger partial charge in [-0.3, -0.25) is 4.79 Å². The lowest BCUT2D eigenvalue weighted by molar-refractivity contribution is -0.302. The largest absolute Gasteiger partial charge is 0.394 e. The highest BCUT2D eigenvalue weighted by atomic mass is 16.7. The van der Waals surface area contributed by atoms with Gasteiger partial charge in [-0.15, -0.1) is 0 Å². The fourth-order valence-electron chi connectivity index (χ4n) is 3.98.